The zero-order valence-corrected chi connectivity index (χ0v) is 15.0. The Morgan fingerprint density at radius 2 is 1.52 bits per heavy atom. The Labute approximate surface area is 150 Å². The highest BCUT2D eigenvalue weighted by Gasteiger charge is 2.37. The van der Waals surface area contributed by atoms with Gasteiger partial charge in [-0.3, -0.25) is 4.79 Å². The molecule has 1 nitrogen and oxygen atoms in total. The molecule has 2 aromatic rings. The molecule has 0 saturated heterocycles. The van der Waals surface area contributed by atoms with Crippen molar-refractivity contribution in [3.05, 3.63) is 96.6 Å². The predicted molar refractivity (Wildman–Crippen MR) is 107 cm³/mol. The molecule has 2 heteroatoms. The molecular weight excluding hydrogens is 323 g/mol. The van der Waals surface area contributed by atoms with E-state index in [1.807, 2.05) is 6.08 Å². The maximum atomic E-state index is 13.1. The monoisotopic (exact) mass is 344 g/mol. The minimum atomic E-state index is -0.573. The summed E-state index contributed by atoms with van der Waals surface area (Å²) in [5.41, 5.74) is 1.22. The van der Waals surface area contributed by atoms with Crippen molar-refractivity contribution >= 4 is 24.3 Å². The van der Waals surface area contributed by atoms with Crippen LogP contribution in [0.25, 0.3) is 0 Å². The second-order valence-corrected chi connectivity index (χ2v) is 8.90. The van der Waals surface area contributed by atoms with E-state index < -0.39 is 7.92 Å². The van der Waals surface area contributed by atoms with Crippen LogP contribution in [0.2, 0.25) is 0 Å². The van der Waals surface area contributed by atoms with Crippen molar-refractivity contribution in [3.8, 4) is 0 Å². The molecule has 4 rings (SSSR count). The van der Waals surface area contributed by atoms with E-state index in [0.29, 0.717) is 5.66 Å². The van der Waals surface area contributed by atoms with Gasteiger partial charge in [-0.25, -0.2) is 0 Å². The highest BCUT2D eigenvalue weighted by atomic mass is 31.1. The molecule has 0 amide bonds. The lowest BCUT2D eigenvalue weighted by Crippen LogP contribution is -2.29. The van der Waals surface area contributed by atoms with E-state index in [9.17, 15) is 4.79 Å². The number of allylic oxidation sites excluding steroid dienone is 6. The van der Waals surface area contributed by atoms with Crippen LogP contribution >= 0.6 is 7.92 Å². The molecule has 0 bridgehead atoms. The van der Waals surface area contributed by atoms with Gasteiger partial charge in [-0.1, -0.05) is 91.0 Å². The summed E-state index contributed by atoms with van der Waals surface area (Å²) in [7, 11) is -0.573. The van der Waals surface area contributed by atoms with Gasteiger partial charge in [-0.2, -0.15) is 0 Å². The zero-order chi connectivity index (χ0) is 17.1. The molecule has 25 heavy (non-hydrogen) atoms. The lowest BCUT2D eigenvalue weighted by atomic mass is 9.97. The first kappa shape index (κ1) is 16.2. The van der Waals surface area contributed by atoms with Crippen LogP contribution < -0.4 is 10.6 Å². The standard InChI is InChI=1S/C23H21OP/c24-23(18-10-7-8-11-18)21-16-9-17-22(21)25(19-12-3-1-4-13-19)20-14-5-2-6-15-20/h1-7,9-16,21-22H,8,17H2/t21-,22?/m1/s1. The van der Waals surface area contributed by atoms with Crippen molar-refractivity contribution in [2.24, 2.45) is 5.92 Å². The van der Waals surface area contributed by atoms with Crippen molar-refractivity contribution in [2.75, 3.05) is 0 Å². The molecule has 2 aliphatic rings. The molecule has 2 atom stereocenters. The lowest BCUT2D eigenvalue weighted by molar-refractivity contribution is -0.117. The van der Waals surface area contributed by atoms with E-state index in [-0.39, 0.29) is 11.7 Å². The molecule has 0 heterocycles. The predicted octanol–water partition coefficient (Wildman–Crippen LogP) is 4.52. The number of ketones is 1. The fraction of sp³-hybridized carbons (Fsp3) is 0.174. The summed E-state index contributed by atoms with van der Waals surface area (Å²) < 4.78 is 0. The SMILES string of the molecule is O=C(C1=CCC=C1)[C@@H]1C=CCC1P(c1ccccc1)c1ccccc1. The minimum Gasteiger partial charge on any atom is -0.294 e. The molecule has 1 unspecified atom stereocenters. The molecule has 2 aliphatic carbocycles. The van der Waals surface area contributed by atoms with Gasteiger partial charge in [0, 0.05) is 17.2 Å². The van der Waals surface area contributed by atoms with Crippen LogP contribution in [0.3, 0.4) is 0 Å². The van der Waals surface area contributed by atoms with Crippen molar-refractivity contribution in [1.29, 1.82) is 0 Å². The van der Waals surface area contributed by atoms with Crippen LogP contribution in [-0.4, -0.2) is 11.4 Å². The van der Waals surface area contributed by atoms with E-state index in [1.54, 1.807) is 0 Å². The van der Waals surface area contributed by atoms with Crippen molar-refractivity contribution in [2.45, 2.75) is 18.5 Å². The van der Waals surface area contributed by atoms with Gasteiger partial charge in [0.15, 0.2) is 5.78 Å². The number of rotatable bonds is 5. The highest BCUT2D eigenvalue weighted by Crippen LogP contribution is 2.48. The third-order valence-corrected chi connectivity index (χ3v) is 7.80. The highest BCUT2D eigenvalue weighted by molar-refractivity contribution is 7.73. The van der Waals surface area contributed by atoms with Gasteiger partial charge in [-0.15, -0.1) is 0 Å². The Kier molecular flexibility index (Phi) is 4.76. The van der Waals surface area contributed by atoms with Crippen LogP contribution in [-0.2, 0) is 4.79 Å². The maximum Gasteiger partial charge on any atom is 0.170 e. The van der Waals surface area contributed by atoms with Crippen LogP contribution in [0.4, 0.5) is 0 Å². The first-order chi connectivity index (χ1) is 12.3. The molecule has 0 saturated carbocycles. The summed E-state index contributed by atoms with van der Waals surface area (Å²) >= 11 is 0. The summed E-state index contributed by atoms with van der Waals surface area (Å²) in [4.78, 5) is 13.1. The second kappa shape index (κ2) is 7.33. The molecule has 0 fully saturated rings. The Morgan fingerprint density at radius 1 is 0.880 bits per heavy atom. The molecule has 0 aliphatic heterocycles. The Morgan fingerprint density at radius 3 is 2.08 bits per heavy atom. The van der Waals surface area contributed by atoms with Crippen LogP contribution in [0.15, 0.2) is 96.6 Å². The quantitative estimate of drug-likeness (QED) is 0.576. The van der Waals surface area contributed by atoms with E-state index in [2.05, 4.69) is 85.0 Å². The molecule has 0 N–H and O–H groups in total. The number of Topliss-reactive ketones (excluding diaryl/α,β-unsaturated/α-hetero) is 1. The lowest BCUT2D eigenvalue weighted by Gasteiger charge is -2.29. The summed E-state index contributed by atoms with van der Waals surface area (Å²) in [6.07, 6.45) is 12.3. The van der Waals surface area contributed by atoms with Gasteiger partial charge >= 0.3 is 0 Å². The van der Waals surface area contributed by atoms with Gasteiger partial charge < -0.3 is 0 Å². The fourth-order valence-corrected chi connectivity index (χ4v) is 6.65. The van der Waals surface area contributed by atoms with E-state index in [1.165, 1.54) is 10.6 Å². The van der Waals surface area contributed by atoms with Crippen LogP contribution in [0.1, 0.15) is 12.8 Å². The molecule has 0 spiro atoms. The molecular formula is C23H21OP. The van der Waals surface area contributed by atoms with Crippen LogP contribution in [0, 0.1) is 5.92 Å². The summed E-state index contributed by atoms with van der Waals surface area (Å²) in [6.45, 7) is 0. The van der Waals surface area contributed by atoms with Gasteiger partial charge in [0.2, 0.25) is 0 Å². The Bertz CT molecular complexity index is 793. The Balaban J connectivity index is 1.72. The zero-order valence-electron chi connectivity index (χ0n) is 14.1. The van der Waals surface area contributed by atoms with E-state index >= 15 is 0 Å². The fourth-order valence-electron chi connectivity index (χ4n) is 3.71. The molecule has 0 aromatic heterocycles. The van der Waals surface area contributed by atoms with Gasteiger partial charge in [0.05, 0.1) is 0 Å². The van der Waals surface area contributed by atoms with Crippen LogP contribution in [0.5, 0.6) is 0 Å². The summed E-state index contributed by atoms with van der Waals surface area (Å²) in [6, 6.07) is 21.4. The first-order valence-corrected chi connectivity index (χ1v) is 10.2. The van der Waals surface area contributed by atoms with E-state index in [0.717, 1.165) is 18.4 Å². The maximum absolute atomic E-state index is 13.1. The first-order valence-electron chi connectivity index (χ1n) is 8.81. The van der Waals surface area contributed by atoms with E-state index in [4.69, 9.17) is 0 Å². The Hall–Kier alpha value is -2.24. The minimum absolute atomic E-state index is 0.0134. The third kappa shape index (κ3) is 3.30. The number of carbonyl (C=O) groups is 1. The normalized spacial score (nSPS) is 21.7. The number of hydrogen-bond donors (Lipinski definition) is 0. The molecule has 2 aromatic carbocycles. The van der Waals surface area contributed by atoms with Gasteiger partial charge in [0.1, 0.15) is 0 Å². The number of benzene rings is 2. The third-order valence-electron chi connectivity index (χ3n) is 4.89. The largest absolute Gasteiger partial charge is 0.294 e. The second-order valence-electron chi connectivity index (χ2n) is 6.46. The van der Waals surface area contributed by atoms with Crippen molar-refractivity contribution in [1.82, 2.24) is 0 Å². The van der Waals surface area contributed by atoms with Crippen molar-refractivity contribution < 1.29 is 4.79 Å². The summed E-state index contributed by atoms with van der Waals surface area (Å²) in [5.74, 6) is 0.271. The number of hydrogen-bond acceptors (Lipinski definition) is 1. The number of carbonyl (C=O) groups excluding carboxylic acids is 1. The van der Waals surface area contributed by atoms with Gasteiger partial charge in [0.25, 0.3) is 0 Å². The molecule has 124 valence electrons. The molecule has 0 radical (unpaired) electrons. The van der Waals surface area contributed by atoms with Crippen molar-refractivity contribution in [3.63, 3.8) is 0 Å². The van der Waals surface area contributed by atoms with Gasteiger partial charge in [-0.05, 0) is 31.4 Å². The summed E-state index contributed by atoms with van der Waals surface area (Å²) in [5, 5.41) is 2.71. The average molecular weight is 344 g/mol. The topological polar surface area (TPSA) is 17.1 Å². The average Bonchev–Trinajstić information content (AvgIpc) is 3.36. The smallest absolute Gasteiger partial charge is 0.170 e.